The number of nitro groups is 1. The zero-order chi connectivity index (χ0) is 20.1. The number of hydrazone groups is 1. The minimum atomic E-state index is -0.481. The predicted molar refractivity (Wildman–Crippen MR) is 104 cm³/mol. The zero-order valence-electron chi connectivity index (χ0n) is 15.2. The van der Waals surface area contributed by atoms with Crippen LogP contribution in [0.1, 0.15) is 18.3 Å². The van der Waals surface area contributed by atoms with E-state index >= 15 is 0 Å². The Kier molecular flexibility index (Phi) is 5.40. The van der Waals surface area contributed by atoms with Crippen molar-refractivity contribution in [1.29, 1.82) is 0 Å². The van der Waals surface area contributed by atoms with E-state index in [4.69, 9.17) is 0 Å². The summed E-state index contributed by atoms with van der Waals surface area (Å²) < 4.78 is 1.54. The molecule has 2 amide bonds. The number of amides is 2. The quantitative estimate of drug-likeness (QED) is 0.400. The number of urea groups is 1. The maximum Gasteiger partial charge on any atom is 0.339 e. The van der Waals surface area contributed by atoms with Crippen LogP contribution < -0.4 is 10.7 Å². The summed E-state index contributed by atoms with van der Waals surface area (Å²) in [6, 6.07) is 14.5. The molecule has 0 saturated carbocycles. The summed E-state index contributed by atoms with van der Waals surface area (Å²) in [7, 11) is 0. The van der Waals surface area contributed by atoms with Gasteiger partial charge in [-0.2, -0.15) is 5.10 Å². The molecule has 0 aliphatic rings. The highest BCUT2D eigenvalue weighted by Gasteiger charge is 2.14. The van der Waals surface area contributed by atoms with E-state index in [0.29, 0.717) is 28.5 Å². The average molecular weight is 379 g/mol. The van der Waals surface area contributed by atoms with E-state index in [2.05, 4.69) is 26.2 Å². The standard InChI is InChI=1S/C18H17N7O3/c1-12(20-22-18(26)19-14-6-4-3-5-7-14)17-13(2)24(23-21-17)15-8-10-16(11-9-15)25(27)28/h3-11H,1-2H3,(H2,19,22,26)/b20-12+. The Morgan fingerprint density at radius 2 is 1.82 bits per heavy atom. The molecule has 0 atom stereocenters. The van der Waals surface area contributed by atoms with Crippen LogP contribution in [0.3, 0.4) is 0 Å². The second-order valence-electron chi connectivity index (χ2n) is 5.84. The number of para-hydroxylation sites is 1. The molecule has 1 heterocycles. The van der Waals surface area contributed by atoms with E-state index in [1.165, 1.54) is 12.1 Å². The average Bonchev–Trinajstić information content (AvgIpc) is 3.08. The maximum absolute atomic E-state index is 11.9. The molecule has 0 fully saturated rings. The molecule has 3 rings (SSSR count). The molecule has 0 radical (unpaired) electrons. The van der Waals surface area contributed by atoms with E-state index in [9.17, 15) is 14.9 Å². The molecule has 0 unspecified atom stereocenters. The van der Waals surface area contributed by atoms with Gasteiger partial charge in [-0.15, -0.1) is 5.10 Å². The Bertz CT molecular complexity index is 1030. The second-order valence-corrected chi connectivity index (χ2v) is 5.84. The van der Waals surface area contributed by atoms with Gasteiger partial charge in [-0.1, -0.05) is 23.4 Å². The minimum Gasteiger partial charge on any atom is -0.307 e. The predicted octanol–water partition coefficient (Wildman–Crippen LogP) is 3.03. The third kappa shape index (κ3) is 4.18. The number of hydrogen-bond acceptors (Lipinski definition) is 6. The fraction of sp³-hybridized carbons (Fsp3) is 0.111. The first-order valence-electron chi connectivity index (χ1n) is 8.29. The van der Waals surface area contributed by atoms with E-state index in [1.54, 1.807) is 42.8 Å². The SMILES string of the molecule is C/C(=N\NC(=O)Nc1ccccc1)c1nnn(-c2ccc([N+](=O)[O-])cc2)c1C. The van der Waals surface area contributed by atoms with Gasteiger partial charge in [-0.3, -0.25) is 10.1 Å². The molecule has 0 spiro atoms. The monoisotopic (exact) mass is 379 g/mol. The van der Waals surface area contributed by atoms with Crippen molar-refractivity contribution in [2.75, 3.05) is 5.32 Å². The summed E-state index contributed by atoms with van der Waals surface area (Å²) in [4.78, 5) is 22.2. The first-order chi connectivity index (χ1) is 13.5. The highest BCUT2D eigenvalue weighted by atomic mass is 16.6. The molecule has 28 heavy (non-hydrogen) atoms. The van der Waals surface area contributed by atoms with E-state index in [1.807, 2.05) is 18.2 Å². The third-order valence-corrected chi connectivity index (χ3v) is 3.90. The largest absolute Gasteiger partial charge is 0.339 e. The first kappa shape index (κ1) is 18.7. The van der Waals surface area contributed by atoms with Crippen molar-refractivity contribution in [3.05, 3.63) is 76.1 Å². The van der Waals surface area contributed by atoms with Crippen molar-refractivity contribution >= 4 is 23.1 Å². The lowest BCUT2D eigenvalue weighted by Gasteiger charge is -2.05. The lowest BCUT2D eigenvalue weighted by Crippen LogP contribution is -2.25. The van der Waals surface area contributed by atoms with Crippen LogP contribution in [0.4, 0.5) is 16.2 Å². The van der Waals surface area contributed by atoms with Gasteiger partial charge in [0.25, 0.3) is 5.69 Å². The molecule has 0 saturated heterocycles. The van der Waals surface area contributed by atoms with Crippen molar-refractivity contribution in [2.45, 2.75) is 13.8 Å². The maximum atomic E-state index is 11.9. The first-order valence-corrected chi connectivity index (χ1v) is 8.29. The summed E-state index contributed by atoms with van der Waals surface area (Å²) in [5.41, 5.74) is 5.33. The molecule has 3 aromatic rings. The van der Waals surface area contributed by atoms with Gasteiger partial charge in [0, 0.05) is 17.8 Å². The van der Waals surface area contributed by atoms with Gasteiger partial charge in [0.1, 0.15) is 5.69 Å². The van der Waals surface area contributed by atoms with Crippen LogP contribution >= 0.6 is 0 Å². The van der Waals surface area contributed by atoms with Crippen LogP contribution in [-0.2, 0) is 0 Å². The number of rotatable bonds is 5. The summed E-state index contributed by atoms with van der Waals surface area (Å²) in [5.74, 6) is 0. The molecule has 2 N–H and O–H groups in total. The van der Waals surface area contributed by atoms with E-state index in [-0.39, 0.29) is 5.69 Å². The summed E-state index contributed by atoms with van der Waals surface area (Å²) in [5, 5.41) is 25.6. The number of carbonyl (C=O) groups is 1. The van der Waals surface area contributed by atoms with Crippen LogP contribution in [0, 0.1) is 17.0 Å². The number of nitro benzene ring substituents is 1. The molecule has 2 aromatic carbocycles. The van der Waals surface area contributed by atoms with E-state index < -0.39 is 11.0 Å². The normalized spacial score (nSPS) is 11.1. The number of aromatic nitrogens is 3. The molecule has 0 aliphatic carbocycles. The topological polar surface area (TPSA) is 127 Å². The smallest absolute Gasteiger partial charge is 0.307 e. The lowest BCUT2D eigenvalue weighted by atomic mass is 10.2. The van der Waals surface area contributed by atoms with Gasteiger partial charge in [-0.05, 0) is 38.1 Å². The number of nitrogens with zero attached hydrogens (tertiary/aromatic N) is 5. The van der Waals surface area contributed by atoms with Gasteiger partial charge in [-0.25, -0.2) is 14.9 Å². The Balaban J connectivity index is 1.72. The van der Waals surface area contributed by atoms with Crippen LogP contribution in [0.5, 0.6) is 0 Å². The van der Waals surface area contributed by atoms with Crippen molar-refractivity contribution in [3.63, 3.8) is 0 Å². The summed E-state index contributed by atoms with van der Waals surface area (Å²) >= 11 is 0. The molecular formula is C18H17N7O3. The number of hydrogen-bond donors (Lipinski definition) is 2. The fourth-order valence-corrected chi connectivity index (χ4v) is 2.49. The van der Waals surface area contributed by atoms with E-state index in [0.717, 1.165) is 0 Å². The number of nitrogens with one attached hydrogen (secondary N) is 2. The molecule has 0 aliphatic heterocycles. The lowest BCUT2D eigenvalue weighted by molar-refractivity contribution is -0.384. The van der Waals surface area contributed by atoms with Crippen molar-refractivity contribution < 1.29 is 9.72 Å². The molecular weight excluding hydrogens is 362 g/mol. The van der Waals surface area contributed by atoms with Crippen molar-refractivity contribution in [3.8, 4) is 5.69 Å². The van der Waals surface area contributed by atoms with Gasteiger partial charge < -0.3 is 5.32 Å². The third-order valence-electron chi connectivity index (χ3n) is 3.90. The van der Waals surface area contributed by atoms with Crippen LogP contribution in [0.15, 0.2) is 59.7 Å². The van der Waals surface area contributed by atoms with Gasteiger partial charge in [0.15, 0.2) is 0 Å². The highest BCUT2D eigenvalue weighted by Crippen LogP contribution is 2.17. The molecule has 10 nitrogen and oxygen atoms in total. The molecule has 142 valence electrons. The minimum absolute atomic E-state index is 0.00638. The van der Waals surface area contributed by atoms with Crippen LogP contribution in [-0.4, -0.2) is 31.7 Å². The molecule has 0 bridgehead atoms. The molecule has 1 aromatic heterocycles. The Morgan fingerprint density at radius 3 is 2.46 bits per heavy atom. The highest BCUT2D eigenvalue weighted by molar-refractivity contribution is 5.99. The van der Waals surface area contributed by atoms with Gasteiger partial charge in [0.2, 0.25) is 0 Å². The van der Waals surface area contributed by atoms with Crippen molar-refractivity contribution in [1.82, 2.24) is 20.4 Å². The van der Waals surface area contributed by atoms with Crippen LogP contribution in [0.2, 0.25) is 0 Å². The summed E-state index contributed by atoms with van der Waals surface area (Å²) in [6.45, 7) is 3.49. The summed E-state index contributed by atoms with van der Waals surface area (Å²) in [6.07, 6.45) is 0. The Morgan fingerprint density at radius 1 is 1.14 bits per heavy atom. The van der Waals surface area contributed by atoms with Gasteiger partial charge in [0.05, 0.1) is 22.0 Å². The number of non-ortho nitro benzene ring substituents is 1. The number of anilines is 1. The second kappa shape index (κ2) is 8.08. The fourth-order valence-electron chi connectivity index (χ4n) is 2.49. The number of benzene rings is 2. The van der Waals surface area contributed by atoms with Crippen molar-refractivity contribution in [2.24, 2.45) is 5.10 Å². The number of carbonyl (C=O) groups excluding carboxylic acids is 1. The molecule has 10 heteroatoms. The van der Waals surface area contributed by atoms with Gasteiger partial charge >= 0.3 is 6.03 Å². The Labute approximate surface area is 160 Å². The van der Waals surface area contributed by atoms with Crippen LogP contribution in [0.25, 0.3) is 5.69 Å². The zero-order valence-corrected chi connectivity index (χ0v) is 15.2. The Hall–Kier alpha value is -4.08.